The van der Waals surface area contributed by atoms with E-state index in [9.17, 15) is 32.4 Å². The van der Waals surface area contributed by atoms with Crippen molar-refractivity contribution in [2.45, 2.75) is 159 Å². The van der Waals surface area contributed by atoms with Gasteiger partial charge in [0.1, 0.15) is 12.1 Å². The SMILES string of the molecule is CC1([C@H](NC(=O)NC2(CS(=O)(=O)C(C)(C)C)C[C@H]3C[C@H]3C2)C(=O)N2C[C@H]3[C@@H]([C@H]2C(=O)NC(CC2CC2)C(=O)C(=O)NC2CC2)C3(C)C)CCCCC1. The van der Waals surface area contributed by atoms with Gasteiger partial charge in [-0.05, 0) is 113 Å². The van der Waals surface area contributed by atoms with Crippen LogP contribution < -0.4 is 21.3 Å². The predicted molar refractivity (Wildman–Crippen MR) is 195 cm³/mol. The Morgan fingerprint density at radius 3 is 2.10 bits per heavy atom. The summed E-state index contributed by atoms with van der Waals surface area (Å²) < 4.78 is 26.0. The maximum Gasteiger partial charge on any atom is 0.315 e. The number of hydrogen-bond donors (Lipinski definition) is 4. The zero-order chi connectivity index (χ0) is 37.6. The summed E-state index contributed by atoms with van der Waals surface area (Å²) in [6.07, 6.45) is 10.6. The Labute approximate surface area is 309 Å². The van der Waals surface area contributed by atoms with Gasteiger partial charge < -0.3 is 26.2 Å². The highest BCUT2D eigenvalue weighted by Crippen LogP contribution is 2.65. The largest absolute Gasteiger partial charge is 0.347 e. The summed E-state index contributed by atoms with van der Waals surface area (Å²) >= 11 is 0. The number of likely N-dealkylation sites (tertiary alicyclic amines) is 1. The number of Topliss-reactive ketones (excluding diaryl/α,β-unsaturated/α-hetero) is 1. The van der Waals surface area contributed by atoms with Crippen molar-refractivity contribution in [2.24, 2.45) is 40.4 Å². The first-order valence-electron chi connectivity index (χ1n) is 20.0. The molecule has 13 heteroatoms. The van der Waals surface area contributed by atoms with E-state index in [4.69, 9.17) is 0 Å². The van der Waals surface area contributed by atoms with Crippen molar-refractivity contribution >= 4 is 39.4 Å². The molecule has 8 atom stereocenters. The van der Waals surface area contributed by atoms with E-state index in [2.05, 4.69) is 35.1 Å². The second-order valence-corrected chi connectivity index (χ2v) is 22.5. The summed E-state index contributed by atoms with van der Waals surface area (Å²) in [7, 11) is -3.55. The highest BCUT2D eigenvalue weighted by atomic mass is 32.2. The number of rotatable bonds is 13. The summed E-state index contributed by atoms with van der Waals surface area (Å²) in [6.45, 7) is 11.7. The number of ketones is 1. The Hall–Kier alpha value is -2.70. The number of hydrogen-bond acceptors (Lipinski definition) is 7. The number of amides is 5. The fourth-order valence-electron chi connectivity index (χ4n) is 10.1. The zero-order valence-electron chi connectivity index (χ0n) is 32.0. The number of carbonyl (C=O) groups is 5. The minimum Gasteiger partial charge on any atom is -0.347 e. The number of nitrogens with zero attached hydrogens (tertiary/aromatic N) is 1. The van der Waals surface area contributed by atoms with Gasteiger partial charge in [-0.1, -0.05) is 52.9 Å². The second kappa shape index (κ2) is 13.0. The van der Waals surface area contributed by atoms with Gasteiger partial charge in [0, 0.05) is 12.6 Å². The van der Waals surface area contributed by atoms with E-state index >= 15 is 0 Å². The van der Waals surface area contributed by atoms with Crippen LogP contribution in [0.3, 0.4) is 0 Å². The summed E-state index contributed by atoms with van der Waals surface area (Å²) in [4.78, 5) is 71.2. The van der Waals surface area contributed by atoms with Crippen LogP contribution in [0.1, 0.15) is 125 Å². The molecule has 1 aliphatic heterocycles. The van der Waals surface area contributed by atoms with Crippen molar-refractivity contribution in [3.05, 3.63) is 0 Å². The average Bonchev–Trinajstić information content (AvgIpc) is 3.99. The molecular weight excluding hydrogens is 683 g/mol. The molecule has 0 bridgehead atoms. The number of carbonyl (C=O) groups excluding carboxylic acids is 5. The third-order valence-electron chi connectivity index (χ3n) is 14.2. The van der Waals surface area contributed by atoms with Crippen molar-refractivity contribution in [1.29, 1.82) is 0 Å². The lowest BCUT2D eigenvalue weighted by atomic mass is 9.70. The Kier molecular flexibility index (Phi) is 9.38. The maximum absolute atomic E-state index is 14.9. The van der Waals surface area contributed by atoms with Crippen molar-refractivity contribution in [3.63, 3.8) is 0 Å². The highest BCUT2D eigenvalue weighted by Gasteiger charge is 2.70. The van der Waals surface area contributed by atoms with E-state index in [-0.39, 0.29) is 40.9 Å². The number of nitrogens with one attached hydrogen (secondary N) is 4. The lowest BCUT2D eigenvalue weighted by Crippen LogP contribution is -2.64. The minimum absolute atomic E-state index is 0.0182. The summed E-state index contributed by atoms with van der Waals surface area (Å²) in [5.41, 5.74) is -1.65. The Morgan fingerprint density at radius 1 is 0.885 bits per heavy atom. The van der Waals surface area contributed by atoms with Gasteiger partial charge in [0.15, 0.2) is 9.84 Å². The van der Waals surface area contributed by atoms with Crippen molar-refractivity contribution < 1.29 is 32.4 Å². The monoisotopic (exact) mass is 743 g/mol. The van der Waals surface area contributed by atoms with Crippen LogP contribution in [0.4, 0.5) is 4.79 Å². The smallest absolute Gasteiger partial charge is 0.315 e. The maximum atomic E-state index is 14.9. The molecule has 52 heavy (non-hydrogen) atoms. The van der Waals surface area contributed by atoms with Gasteiger partial charge in [0.05, 0.1) is 22.1 Å². The molecule has 5 amide bonds. The van der Waals surface area contributed by atoms with Crippen molar-refractivity contribution in [2.75, 3.05) is 12.3 Å². The van der Waals surface area contributed by atoms with Crippen LogP contribution in [0, 0.1) is 40.4 Å². The molecule has 6 aliphatic carbocycles. The molecule has 7 aliphatic rings. The molecule has 0 spiro atoms. The van der Waals surface area contributed by atoms with Crippen LogP contribution in [-0.4, -0.2) is 89.6 Å². The number of fused-ring (bicyclic) bond motifs is 2. The molecule has 290 valence electrons. The fourth-order valence-corrected chi connectivity index (χ4v) is 11.6. The van der Waals surface area contributed by atoms with Crippen LogP contribution >= 0.6 is 0 Å². The molecule has 4 N–H and O–H groups in total. The minimum atomic E-state index is -3.55. The molecule has 7 fully saturated rings. The van der Waals surface area contributed by atoms with Crippen LogP contribution in [-0.2, 0) is 29.0 Å². The molecule has 0 radical (unpaired) electrons. The molecule has 12 nitrogen and oxygen atoms in total. The Balaban J connectivity index is 1.12. The molecule has 7 rings (SSSR count). The van der Waals surface area contributed by atoms with Gasteiger partial charge in [-0.15, -0.1) is 0 Å². The Bertz CT molecular complexity index is 1600. The quantitative estimate of drug-likeness (QED) is 0.209. The van der Waals surface area contributed by atoms with Crippen molar-refractivity contribution in [1.82, 2.24) is 26.2 Å². The standard InChI is InChI=1S/C39H61N5O7S/c1-36(2,3)52(50,51)21-39(18-23-17-24(23)19-39)43-35(49)42-31(38(6)14-8-7-9-15-38)34(48)44-20-26-28(37(26,4)5)29(44)32(46)41-27(16-22-10-11-22)30(45)33(47)40-25-12-13-25/h22-29,31H,7-21H2,1-6H3,(H,40,47)(H,41,46)(H2,42,43,49)/t23-,24+,26-,27?,28-,29-,31+,39?/m0/s1. The number of piperidine rings is 1. The highest BCUT2D eigenvalue weighted by molar-refractivity contribution is 7.92. The van der Waals surface area contributed by atoms with Crippen molar-refractivity contribution in [3.8, 4) is 0 Å². The number of sulfone groups is 1. The average molecular weight is 744 g/mol. The fraction of sp³-hybridized carbons (Fsp3) is 0.872. The molecular formula is C39H61N5O7S. The normalized spacial score (nSPS) is 33.9. The van der Waals surface area contributed by atoms with Crippen LogP contribution in [0.5, 0.6) is 0 Å². The first kappa shape index (κ1) is 37.6. The van der Waals surface area contributed by atoms with Gasteiger partial charge >= 0.3 is 6.03 Å². The van der Waals surface area contributed by atoms with E-state index in [1.807, 2.05) is 6.92 Å². The molecule has 0 aromatic carbocycles. The predicted octanol–water partition coefficient (Wildman–Crippen LogP) is 3.62. The third kappa shape index (κ3) is 7.37. The van der Waals surface area contributed by atoms with E-state index < -0.39 is 67.3 Å². The first-order valence-corrected chi connectivity index (χ1v) is 21.7. The van der Waals surface area contributed by atoms with Crippen LogP contribution in [0.25, 0.3) is 0 Å². The molecule has 2 unspecified atom stereocenters. The first-order chi connectivity index (χ1) is 24.2. The van der Waals surface area contributed by atoms with Gasteiger partial charge in [0.25, 0.3) is 5.91 Å². The van der Waals surface area contributed by atoms with Gasteiger partial charge in [0.2, 0.25) is 17.6 Å². The van der Waals surface area contributed by atoms with E-state index in [1.54, 1.807) is 25.7 Å². The van der Waals surface area contributed by atoms with Gasteiger partial charge in [-0.3, -0.25) is 19.2 Å². The van der Waals surface area contributed by atoms with E-state index in [0.29, 0.717) is 37.6 Å². The molecule has 0 aromatic rings. The zero-order valence-corrected chi connectivity index (χ0v) is 32.8. The molecule has 1 heterocycles. The summed E-state index contributed by atoms with van der Waals surface area (Å²) in [5, 5.41) is 11.9. The topological polar surface area (TPSA) is 171 Å². The van der Waals surface area contributed by atoms with E-state index in [0.717, 1.165) is 64.2 Å². The van der Waals surface area contributed by atoms with E-state index in [1.165, 1.54) is 0 Å². The van der Waals surface area contributed by atoms with Crippen LogP contribution in [0.2, 0.25) is 0 Å². The lowest BCUT2D eigenvalue weighted by Gasteiger charge is -2.44. The summed E-state index contributed by atoms with van der Waals surface area (Å²) in [6, 6.07) is -3.24. The summed E-state index contributed by atoms with van der Waals surface area (Å²) in [5.74, 6) is -1.12. The van der Waals surface area contributed by atoms with Gasteiger partial charge in [-0.2, -0.15) is 0 Å². The molecule has 0 aromatic heterocycles. The molecule has 6 saturated carbocycles. The third-order valence-corrected chi connectivity index (χ3v) is 17.0. The van der Waals surface area contributed by atoms with Gasteiger partial charge in [-0.25, -0.2) is 13.2 Å². The van der Waals surface area contributed by atoms with Crippen LogP contribution in [0.15, 0.2) is 0 Å². The number of urea groups is 1. The molecule has 1 saturated heterocycles. The Morgan fingerprint density at radius 2 is 1.52 bits per heavy atom. The lowest BCUT2D eigenvalue weighted by molar-refractivity contribution is -0.146. The second-order valence-electron chi connectivity index (χ2n) is 19.8.